The zero-order chi connectivity index (χ0) is 31.9. The number of carbonyl (C=O) groups is 2. The van der Waals surface area contributed by atoms with Gasteiger partial charge in [-0.2, -0.15) is 45.6 Å². The van der Waals surface area contributed by atoms with Crippen molar-refractivity contribution in [2.24, 2.45) is 15.3 Å². The Balaban J connectivity index is 1.83. The Labute approximate surface area is 244 Å². The number of fused-ring (bicyclic) bond motifs is 1. The van der Waals surface area contributed by atoms with Gasteiger partial charge in [0, 0.05) is 10.3 Å². The number of carboxylic acids is 1. The van der Waals surface area contributed by atoms with E-state index in [9.17, 15) is 49.1 Å². The van der Waals surface area contributed by atoms with Gasteiger partial charge in [0.15, 0.2) is 5.71 Å². The molecule has 4 rings (SSSR count). The second-order valence-electron chi connectivity index (χ2n) is 8.17. The maximum absolute atomic E-state index is 13.0. The van der Waals surface area contributed by atoms with Crippen LogP contribution in [0.5, 0.6) is 0 Å². The van der Waals surface area contributed by atoms with Crippen LogP contribution in [0.15, 0.2) is 83.4 Å². The quantitative estimate of drug-likeness (QED) is 0.0672. The summed E-state index contributed by atoms with van der Waals surface area (Å²) in [6.07, 6.45) is 0. The molecule has 0 spiro atoms. The minimum atomic E-state index is -5.14. The molecule has 0 bridgehead atoms. The van der Waals surface area contributed by atoms with Crippen molar-refractivity contribution in [1.29, 1.82) is 0 Å². The number of hydrogen-bond acceptors (Lipinski definition) is 15. The van der Waals surface area contributed by atoms with Crippen molar-refractivity contribution >= 4 is 82.1 Å². The minimum Gasteiger partial charge on any atom is -0.477 e. The summed E-state index contributed by atoms with van der Waals surface area (Å²) >= 11 is 0.259. The first kappa shape index (κ1) is 32.0. The van der Waals surface area contributed by atoms with E-state index in [1.807, 2.05) is 0 Å². The van der Waals surface area contributed by atoms with Gasteiger partial charge in [-0.05, 0) is 53.9 Å². The zero-order valence-electron chi connectivity index (χ0n) is 20.4. The van der Waals surface area contributed by atoms with Gasteiger partial charge in [-0.15, -0.1) is 4.33 Å². The molecule has 1 aliphatic heterocycles. The van der Waals surface area contributed by atoms with Gasteiger partial charge in [-0.25, -0.2) is 10.1 Å². The first-order valence-electron chi connectivity index (χ1n) is 10.8. The van der Waals surface area contributed by atoms with Gasteiger partial charge in [-0.1, -0.05) is 5.04 Å². The summed E-state index contributed by atoms with van der Waals surface area (Å²) in [5.41, 5.74) is -1.85. The largest absolute Gasteiger partial charge is 0.477 e. The Morgan fingerprint density at radius 3 is 2.07 bits per heavy atom. The van der Waals surface area contributed by atoms with Crippen molar-refractivity contribution in [3.63, 3.8) is 0 Å². The number of anilines is 1. The number of nitrogens with zero attached hydrogens (tertiary/aromatic N) is 4. The van der Waals surface area contributed by atoms with E-state index in [2.05, 4.69) is 24.7 Å². The molecule has 23 heteroatoms. The molecule has 43 heavy (non-hydrogen) atoms. The molecule has 1 unspecified atom stereocenters. The third-order valence-electron chi connectivity index (χ3n) is 5.47. The Morgan fingerprint density at radius 1 is 0.907 bits per heavy atom. The van der Waals surface area contributed by atoms with E-state index in [1.165, 1.54) is 0 Å². The lowest BCUT2D eigenvalue weighted by molar-refractivity contribution is -0.432. The van der Waals surface area contributed by atoms with Gasteiger partial charge in [0.1, 0.15) is 15.5 Å². The molecule has 3 aromatic carbocycles. The Kier molecular flexibility index (Phi) is 8.67. The van der Waals surface area contributed by atoms with Crippen molar-refractivity contribution in [3.8, 4) is 0 Å². The summed E-state index contributed by atoms with van der Waals surface area (Å²) in [6.45, 7) is 0. The van der Waals surface area contributed by atoms with Crippen molar-refractivity contribution < 1.29 is 68.2 Å². The minimum absolute atomic E-state index is 0.131. The van der Waals surface area contributed by atoms with Crippen LogP contribution in [0.2, 0.25) is 0 Å². The van der Waals surface area contributed by atoms with Gasteiger partial charge in [0.2, 0.25) is 6.04 Å². The van der Waals surface area contributed by atoms with Crippen molar-refractivity contribution in [2.45, 2.75) is 25.6 Å². The lowest BCUT2D eigenvalue weighted by Crippen LogP contribution is -2.33. The lowest BCUT2D eigenvalue weighted by atomic mass is 10.1. The predicted molar refractivity (Wildman–Crippen MR) is 141 cm³/mol. The molecular weight excluding hydrogens is 665 g/mol. The van der Waals surface area contributed by atoms with Crippen LogP contribution in [0.4, 0.5) is 11.4 Å². The fourth-order valence-electron chi connectivity index (χ4n) is 3.69. The van der Waals surface area contributed by atoms with Crippen LogP contribution >= 0.6 is 12.0 Å². The first-order chi connectivity index (χ1) is 19.9. The lowest BCUT2D eigenvalue weighted by Gasteiger charge is -2.13. The highest BCUT2D eigenvalue weighted by atomic mass is 32.2. The molecule has 0 fully saturated rings. The number of rotatable bonds is 10. The number of aliphatic carboxylic acids is 1. The highest BCUT2D eigenvalue weighted by molar-refractivity contribution is 7.94. The molecule has 0 aromatic heterocycles. The zero-order valence-corrected chi connectivity index (χ0v) is 23.7. The molecule has 228 valence electrons. The monoisotopic (exact) mass is 678 g/mol. The van der Waals surface area contributed by atoms with Crippen LogP contribution in [-0.2, 0) is 49.3 Å². The van der Waals surface area contributed by atoms with E-state index in [0.717, 1.165) is 48.5 Å². The highest BCUT2D eigenvalue weighted by Gasteiger charge is 2.41. The summed E-state index contributed by atoms with van der Waals surface area (Å²) in [5, 5.41) is 32.1. The van der Waals surface area contributed by atoms with Crippen molar-refractivity contribution in [1.82, 2.24) is 0 Å². The Morgan fingerprint density at radius 2 is 1.53 bits per heavy atom. The molecule has 5 N–H and O–H groups in total. The fraction of sp³-hybridized carbons (Fsp3) is 0.0500. The first-order valence-corrected chi connectivity index (χ1v) is 15.8. The average molecular weight is 679 g/mol. The Bertz CT molecular complexity index is 2050. The average Bonchev–Trinajstić information content (AvgIpc) is 3.24. The number of hydrogen-bond donors (Lipinski definition) is 5. The van der Waals surface area contributed by atoms with Gasteiger partial charge in [0.25, 0.3) is 36.3 Å². The molecule has 0 saturated carbocycles. The Hall–Kier alpha value is -3.91. The van der Waals surface area contributed by atoms with E-state index in [0.29, 0.717) is 5.01 Å². The predicted octanol–water partition coefficient (Wildman–Crippen LogP) is 1.95. The topological polar surface area (TPSA) is 296 Å². The molecule has 1 amide bonds. The molecule has 1 atom stereocenters. The number of hydrazone groups is 1. The van der Waals surface area contributed by atoms with Gasteiger partial charge in [-0.3, -0.25) is 18.5 Å². The number of carbonyl (C=O) groups excluding carboxylic acids is 1. The van der Waals surface area contributed by atoms with E-state index >= 15 is 0 Å². The van der Waals surface area contributed by atoms with Crippen LogP contribution in [0.1, 0.15) is 0 Å². The molecule has 3 aromatic rings. The van der Waals surface area contributed by atoms with Crippen LogP contribution in [-0.4, -0.2) is 72.9 Å². The van der Waals surface area contributed by atoms with Crippen molar-refractivity contribution in [2.75, 3.05) is 5.01 Å². The van der Waals surface area contributed by atoms with E-state index < -0.39 is 74.4 Å². The molecule has 0 saturated heterocycles. The maximum atomic E-state index is 13.0. The number of carboxylic acid groups (broad SMARTS) is 1. The summed E-state index contributed by atoms with van der Waals surface area (Å²) in [6, 6.07) is 5.26. The molecule has 0 aliphatic carbocycles. The van der Waals surface area contributed by atoms with Gasteiger partial charge in [0.05, 0.1) is 22.6 Å². The van der Waals surface area contributed by atoms with Crippen molar-refractivity contribution in [3.05, 3.63) is 48.5 Å². The molecule has 1 heterocycles. The standard InChI is InChI=1S/C20H14N4O15S4/c25-19-17(18(20(26)27)23-24(19)10-1-3-12(4-2-10)41(29,30)31)22-21-14-8-13-9(6-16(14)43(35,36)37)5-11(40-39-38-28)7-15(13)42(32,33)34/h1-8,17,28H,(H,26,27)(H,29,30,31)(H,32,33,34)(H,35,36,37). The van der Waals surface area contributed by atoms with E-state index in [-0.39, 0.29) is 33.4 Å². The number of benzene rings is 3. The van der Waals surface area contributed by atoms with E-state index in [1.54, 1.807) is 0 Å². The molecule has 1 aliphatic rings. The van der Waals surface area contributed by atoms with Crippen LogP contribution in [0.3, 0.4) is 0 Å². The number of azo groups is 1. The summed E-state index contributed by atoms with van der Waals surface area (Å²) < 4.78 is 104. The SMILES string of the molecule is O=C(O)C1=NN(c2ccc(S(=O)(=O)O)cc2)C(=O)C1N=Nc1cc2c(S(=O)(=O)O)cc(SOOO)cc2cc1S(=O)(=O)O. The third kappa shape index (κ3) is 6.85. The summed E-state index contributed by atoms with van der Waals surface area (Å²) in [4.78, 5) is 22.4. The molecule has 0 radical (unpaired) electrons. The third-order valence-corrected chi connectivity index (χ3v) is 8.67. The maximum Gasteiger partial charge on any atom is 0.355 e. The van der Waals surface area contributed by atoms with Crippen LogP contribution in [0.25, 0.3) is 10.8 Å². The second kappa shape index (κ2) is 11.6. The fourth-order valence-corrected chi connectivity index (χ4v) is 6.07. The molecule has 19 nitrogen and oxygen atoms in total. The van der Waals surface area contributed by atoms with Crippen LogP contribution < -0.4 is 5.01 Å². The highest BCUT2D eigenvalue weighted by Crippen LogP contribution is 2.37. The van der Waals surface area contributed by atoms with Gasteiger partial charge >= 0.3 is 5.97 Å². The molecular formula is C20H14N4O15S4. The van der Waals surface area contributed by atoms with Gasteiger partial charge < -0.3 is 5.11 Å². The summed E-state index contributed by atoms with van der Waals surface area (Å²) in [5.74, 6) is -2.91. The number of amides is 1. The van der Waals surface area contributed by atoms with E-state index in [4.69, 9.17) is 9.81 Å². The van der Waals surface area contributed by atoms with Crippen LogP contribution in [0, 0.1) is 0 Å². The smallest absolute Gasteiger partial charge is 0.355 e. The second-order valence-corrected chi connectivity index (χ2v) is 13.1. The normalized spacial score (nSPS) is 16.3. The summed E-state index contributed by atoms with van der Waals surface area (Å²) in [7, 11) is -14.8.